The minimum atomic E-state index is -0.350. The summed E-state index contributed by atoms with van der Waals surface area (Å²) in [7, 11) is 0. The number of hydrogen-bond donors (Lipinski definition) is 0. The second-order valence-corrected chi connectivity index (χ2v) is 10.4. The topological polar surface area (TPSA) is 35.5 Å². The van der Waals surface area contributed by atoms with Crippen LogP contribution in [0.15, 0.2) is 102 Å². The molecule has 0 saturated heterocycles. The molecule has 192 valence electrons. The zero-order valence-electron chi connectivity index (χ0n) is 21.9. The highest BCUT2D eigenvalue weighted by molar-refractivity contribution is 7.99. The average molecular weight is 521 g/mol. The van der Waals surface area contributed by atoms with Crippen LogP contribution in [-0.2, 0) is 22.4 Å². The SMILES string of the molecule is CCOC(=O)COc1ccc(SC/C=C2\c3ccccc3CCc3cc(-c4ccccc4)ccc32)cc1C. The average Bonchev–Trinajstić information content (AvgIpc) is 3.10. The van der Waals surface area contributed by atoms with Crippen molar-refractivity contribution in [3.63, 3.8) is 0 Å². The van der Waals surface area contributed by atoms with Gasteiger partial charge in [-0.1, -0.05) is 78.9 Å². The lowest BCUT2D eigenvalue weighted by molar-refractivity contribution is -0.145. The van der Waals surface area contributed by atoms with Gasteiger partial charge in [0.15, 0.2) is 6.61 Å². The molecule has 0 aromatic heterocycles. The number of ether oxygens (including phenoxy) is 2. The summed E-state index contributed by atoms with van der Waals surface area (Å²) in [6.07, 6.45) is 4.44. The Hall–Kier alpha value is -3.76. The molecule has 4 aromatic rings. The maximum absolute atomic E-state index is 11.6. The number of hydrogen-bond acceptors (Lipinski definition) is 4. The Morgan fingerprint density at radius 3 is 2.42 bits per heavy atom. The summed E-state index contributed by atoms with van der Waals surface area (Å²) < 4.78 is 10.6. The Morgan fingerprint density at radius 2 is 1.61 bits per heavy atom. The molecule has 38 heavy (non-hydrogen) atoms. The largest absolute Gasteiger partial charge is 0.482 e. The highest BCUT2D eigenvalue weighted by Crippen LogP contribution is 2.36. The summed E-state index contributed by atoms with van der Waals surface area (Å²) in [4.78, 5) is 12.8. The number of carbonyl (C=O) groups is 1. The Balaban J connectivity index is 1.37. The first kappa shape index (κ1) is 25.9. The Labute approximate surface area is 229 Å². The van der Waals surface area contributed by atoms with Gasteiger partial charge in [0, 0.05) is 10.6 Å². The molecule has 1 aliphatic carbocycles. The molecule has 0 fully saturated rings. The van der Waals surface area contributed by atoms with E-state index in [9.17, 15) is 4.79 Å². The fraction of sp³-hybridized carbons (Fsp3) is 0.206. The van der Waals surface area contributed by atoms with Gasteiger partial charge in [-0.15, -0.1) is 11.8 Å². The van der Waals surface area contributed by atoms with Gasteiger partial charge in [-0.3, -0.25) is 0 Å². The number of esters is 1. The van der Waals surface area contributed by atoms with E-state index in [1.165, 1.54) is 43.8 Å². The molecule has 1 aliphatic rings. The van der Waals surface area contributed by atoms with Crippen LogP contribution in [0.25, 0.3) is 16.7 Å². The summed E-state index contributed by atoms with van der Waals surface area (Å²) in [5.41, 5.74) is 10.3. The summed E-state index contributed by atoms with van der Waals surface area (Å²) >= 11 is 1.80. The standard InChI is InChI=1S/C34H32O3S/c1-3-36-34(35)23-37-33-18-16-29(21-24(33)2)38-20-19-32-30-12-8-7-11-26(30)13-14-28-22-27(15-17-31(28)32)25-9-5-4-6-10-25/h4-12,15-19,21-22H,3,13-14,20,23H2,1-2H3/b32-19+. The molecule has 3 nitrogen and oxygen atoms in total. The fourth-order valence-corrected chi connectivity index (χ4v) is 5.81. The van der Waals surface area contributed by atoms with Crippen LogP contribution in [0.2, 0.25) is 0 Å². The number of benzene rings is 4. The quantitative estimate of drug-likeness (QED) is 0.175. The van der Waals surface area contributed by atoms with Crippen LogP contribution in [0.1, 0.15) is 34.7 Å². The van der Waals surface area contributed by atoms with Crippen molar-refractivity contribution in [2.75, 3.05) is 19.0 Å². The molecule has 4 aromatic carbocycles. The lowest BCUT2D eigenvalue weighted by Gasteiger charge is -2.14. The minimum Gasteiger partial charge on any atom is -0.482 e. The number of fused-ring (bicyclic) bond motifs is 2. The monoisotopic (exact) mass is 520 g/mol. The van der Waals surface area contributed by atoms with Crippen LogP contribution in [0.4, 0.5) is 0 Å². The zero-order valence-corrected chi connectivity index (χ0v) is 22.7. The van der Waals surface area contributed by atoms with E-state index in [0.29, 0.717) is 12.4 Å². The smallest absolute Gasteiger partial charge is 0.344 e. The van der Waals surface area contributed by atoms with E-state index >= 15 is 0 Å². The number of aryl methyl sites for hydroxylation is 3. The molecule has 0 bridgehead atoms. The first-order chi connectivity index (χ1) is 18.6. The molecule has 0 N–H and O–H groups in total. The van der Waals surface area contributed by atoms with Crippen LogP contribution in [-0.4, -0.2) is 24.9 Å². The summed E-state index contributed by atoms with van der Waals surface area (Å²) in [6.45, 7) is 4.08. The minimum absolute atomic E-state index is 0.0714. The van der Waals surface area contributed by atoms with E-state index in [-0.39, 0.29) is 12.6 Å². The summed E-state index contributed by atoms with van der Waals surface area (Å²) in [5, 5.41) is 0. The zero-order chi connectivity index (χ0) is 26.3. The van der Waals surface area contributed by atoms with Gasteiger partial charge in [-0.25, -0.2) is 4.79 Å². The van der Waals surface area contributed by atoms with E-state index in [1.807, 2.05) is 13.0 Å². The highest BCUT2D eigenvalue weighted by Gasteiger charge is 2.18. The van der Waals surface area contributed by atoms with E-state index in [1.54, 1.807) is 18.7 Å². The molecule has 0 unspecified atom stereocenters. The fourth-order valence-electron chi connectivity index (χ4n) is 4.94. The first-order valence-corrected chi connectivity index (χ1v) is 14.1. The van der Waals surface area contributed by atoms with Gasteiger partial charge in [-0.05, 0) is 89.4 Å². The predicted octanol–water partition coefficient (Wildman–Crippen LogP) is 7.93. The molecule has 0 spiro atoms. The molecule has 5 rings (SSSR count). The van der Waals surface area contributed by atoms with Gasteiger partial charge in [0.25, 0.3) is 0 Å². The van der Waals surface area contributed by atoms with E-state index in [0.717, 1.165) is 24.2 Å². The predicted molar refractivity (Wildman–Crippen MR) is 157 cm³/mol. The van der Waals surface area contributed by atoms with Gasteiger partial charge in [0.1, 0.15) is 5.75 Å². The molecule has 0 saturated carbocycles. The van der Waals surface area contributed by atoms with Gasteiger partial charge in [0.2, 0.25) is 0 Å². The molecular formula is C34H32O3S. The molecule has 4 heteroatoms. The maximum Gasteiger partial charge on any atom is 0.344 e. The number of rotatable bonds is 8. The Bertz CT molecular complexity index is 1460. The second kappa shape index (κ2) is 12.2. The van der Waals surface area contributed by atoms with Crippen molar-refractivity contribution in [3.05, 3.63) is 125 Å². The summed E-state index contributed by atoms with van der Waals surface area (Å²) in [5.74, 6) is 1.21. The van der Waals surface area contributed by atoms with Gasteiger partial charge in [0.05, 0.1) is 6.61 Å². The molecule has 0 amide bonds. The third kappa shape index (κ3) is 6.03. The lowest BCUT2D eigenvalue weighted by atomic mass is 9.92. The van der Waals surface area contributed by atoms with Crippen molar-refractivity contribution in [2.45, 2.75) is 31.6 Å². The molecule has 0 atom stereocenters. The molecule has 0 radical (unpaired) electrons. The maximum atomic E-state index is 11.6. The third-order valence-corrected chi connectivity index (χ3v) is 7.73. The van der Waals surface area contributed by atoms with Crippen molar-refractivity contribution in [3.8, 4) is 16.9 Å². The van der Waals surface area contributed by atoms with E-state index < -0.39 is 0 Å². The van der Waals surface area contributed by atoms with E-state index in [4.69, 9.17) is 9.47 Å². The van der Waals surface area contributed by atoms with E-state index in [2.05, 4.69) is 91.0 Å². The van der Waals surface area contributed by atoms with Crippen molar-refractivity contribution < 1.29 is 14.3 Å². The van der Waals surface area contributed by atoms with Gasteiger partial charge in [-0.2, -0.15) is 0 Å². The number of thioether (sulfide) groups is 1. The Kier molecular flexibility index (Phi) is 8.30. The first-order valence-electron chi connectivity index (χ1n) is 13.1. The van der Waals surface area contributed by atoms with Crippen LogP contribution >= 0.6 is 11.8 Å². The van der Waals surface area contributed by atoms with Gasteiger partial charge < -0.3 is 9.47 Å². The normalized spacial score (nSPS) is 13.4. The van der Waals surface area contributed by atoms with Crippen LogP contribution < -0.4 is 4.74 Å². The van der Waals surface area contributed by atoms with Crippen molar-refractivity contribution in [1.29, 1.82) is 0 Å². The highest BCUT2D eigenvalue weighted by atomic mass is 32.2. The van der Waals surface area contributed by atoms with Crippen LogP contribution in [0.3, 0.4) is 0 Å². The van der Waals surface area contributed by atoms with Crippen molar-refractivity contribution in [2.24, 2.45) is 0 Å². The summed E-state index contributed by atoms with van der Waals surface area (Å²) in [6, 6.07) is 32.4. The molecular weight excluding hydrogens is 488 g/mol. The van der Waals surface area contributed by atoms with Crippen molar-refractivity contribution >= 4 is 23.3 Å². The Morgan fingerprint density at radius 1 is 0.842 bits per heavy atom. The second-order valence-electron chi connectivity index (χ2n) is 9.34. The molecule has 0 aliphatic heterocycles. The third-order valence-electron chi connectivity index (χ3n) is 6.81. The number of carbonyl (C=O) groups excluding carboxylic acids is 1. The van der Waals surface area contributed by atoms with Crippen molar-refractivity contribution in [1.82, 2.24) is 0 Å². The van der Waals surface area contributed by atoms with Crippen LogP contribution in [0, 0.1) is 6.92 Å². The lowest BCUT2D eigenvalue weighted by Crippen LogP contribution is -2.14. The van der Waals surface area contributed by atoms with Crippen LogP contribution in [0.5, 0.6) is 5.75 Å². The van der Waals surface area contributed by atoms with Gasteiger partial charge >= 0.3 is 5.97 Å². The molecule has 0 heterocycles.